The fraction of sp³-hybridized carbons (Fsp3) is 1.00. The largest absolute Gasteiger partial charge is 0.330 e. The van der Waals surface area contributed by atoms with Crippen LogP contribution in [0.3, 0.4) is 0 Å². The van der Waals surface area contributed by atoms with Crippen molar-refractivity contribution in [2.75, 3.05) is 25.6 Å². The molecule has 2 nitrogen and oxygen atoms in total. The van der Waals surface area contributed by atoms with E-state index in [-0.39, 0.29) is 0 Å². The molecule has 0 aromatic carbocycles. The number of unbranched alkanes of at least 4 members (excludes halogenated alkanes) is 1. The van der Waals surface area contributed by atoms with Crippen LogP contribution in [-0.4, -0.2) is 25.6 Å². The highest BCUT2D eigenvalue weighted by molar-refractivity contribution is 8.59. The van der Waals surface area contributed by atoms with Gasteiger partial charge in [0, 0.05) is 5.75 Å². The van der Waals surface area contributed by atoms with Crippen molar-refractivity contribution in [3.63, 3.8) is 0 Å². The minimum atomic E-state index is -1.58. The molecule has 13 heavy (non-hydrogen) atoms. The van der Waals surface area contributed by atoms with E-state index in [4.69, 9.17) is 9.05 Å². The van der Waals surface area contributed by atoms with Crippen molar-refractivity contribution in [1.29, 1.82) is 0 Å². The van der Waals surface area contributed by atoms with E-state index in [1.807, 2.05) is 25.2 Å². The van der Waals surface area contributed by atoms with Crippen molar-refractivity contribution in [2.24, 2.45) is 0 Å². The van der Waals surface area contributed by atoms with Crippen molar-refractivity contribution in [3.05, 3.63) is 0 Å². The molecule has 80 valence electrons. The van der Waals surface area contributed by atoms with Gasteiger partial charge >= 0.3 is 6.92 Å². The van der Waals surface area contributed by atoms with Gasteiger partial charge in [-0.3, -0.25) is 0 Å². The van der Waals surface area contributed by atoms with E-state index in [9.17, 15) is 0 Å². The monoisotopic (exact) mass is 225 g/mol. The molecule has 0 saturated heterocycles. The lowest BCUT2D eigenvalue weighted by Crippen LogP contribution is -1.99. The molecular formula is C9H22O2PS+. The van der Waals surface area contributed by atoms with Crippen molar-refractivity contribution >= 4 is 18.3 Å². The molecular weight excluding hydrogens is 203 g/mol. The van der Waals surface area contributed by atoms with Crippen molar-refractivity contribution in [1.82, 2.24) is 0 Å². The number of hydrogen-bond acceptors (Lipinski definition) is 3. The summed E-state index contributed by atoms with van der Waals surface area (Å²) in [5, 5.41) is 0. The van der Waals surface area contributed by atoms with Crippen LogP contribution in [0.1, 0.15) is 33.6 Å². The van der Waals surface area contributed by atoms with Gasteiger partial charge in [-0.25, -0.2) is 0 Å². The zero-order valence-corrected chi connectivity index (χ0v) is 10.9. The van der Waals surface area contributed by atoms with Crippen LogP contribution < -0.4 is 0 Å². The van der Waals surface area contributed by atoms with Crippen molar-refractivity contribution in [2.45, 2.75) is 33.6 Å². The van der Waals surface area contributed by atoms with E-state index in [1.165, 1.54) is 12.8 Å². The van der Waals surface area contributed by atoms with Gasteiger partial charge in [-0.1, -0.05) is 13.3 Å². The van der Waals surface area contributed by atoms with Gasteiger partial charge in [0.05, 0.1) is 24.6 Å². The predicted molar refractivity (Wildman–Crippen MR) is 63.5 cm³/mol. The Kier molecular flexibility index (Phi) is 8.48. The van der Waals surface area contributed by atoms with Gasteiger partial charge in [-0.05, 0) is 20.3 Å². The van der Waals surface area contributed by atoms with Gasteiger partial charge < -0.3 is 0 Å². The van der Waals surface area contributed by atoms with Crippen LogP contribution in [0.25, 0.3) is 0 Å². The Morgan fingerprint density at radius 3 is 2.00 bits per heavy atom. The van der Waals surface area contributed by atoms with Gasteiger partial charge in [0.2, 0.25) is 0 Å². The molecule has 0 atom stereocenters. The predicted octanol–water partition coefficient (Wildman–Crippen LogP) is 3.99. The van der Waals surface area contributed by atoms with Gasteiger partial charge in [0.1, 0.15) is 6.66 Å². The molecule has 0 aromatic heterocycles. The SMILES string of the molecule is CCCCS[P+](C)(OCC)OCC. The first-order valence-corrected chi connectivity index (χ1v) is 8.64. The third-order valence-electron chi connectivity index (χ3n) is 1.55. The lowest BCUT2D eigenvalue weighted by molar-refractivity contribution is 0.268. The molecule has 0 aliphatic rings. The second-order valence-electron chi connectivity index (χ2n) is 2.79. The highest BCUT2D eigenvalue weighted by atomic mass is 32.7. The highest BCUT2D eigenvalue weighted by Gasteiger charge is 2.36. The van der Waals surface area contributed by atoms with Gasteiger partial charge in [-0.2, -0.15) is 9.05 Å². The fourth-order valence-corrected chi connectivity index (χ4v) is 5.33. The lowest BCUT2D eigenvalue weighted by atomic mass is 10.4. The minimum absolute atomic E-state index is 0.753. The first kappa shape index (κ1) is 13.7. The van der Waals surface area contributed by atoms with Crippen LogP contribution in [0.2, 0.25) is 0 Å². The minimum Gasteiger partial charge on any atom is -0.195 e. The van der Waals surface area contributed by atoms with E-state index in [0.717, 1.165) is 19.0 Å². The van der Waals surface area contributed by atoms with Crippen LogP contribution in [-0.2, 0) is 9.05 Å². The van der Waals surface area contributed by atoms with Crippen LogP contribution in [0.15, 0.2) is 0 Å². The van der Waals surface area contributed by atoms with Gasteiger partial charge in [0.25, 0.3) is 0 Å². The Hall–Kier alpha value is 0.700. The Balaban J connectivity index is 3.76. The molecule has 0 radical (unpaired) electrons. The Morgan fingerprint density at radius 2 is 1.62 bits per heavy atom. The average molecular weight is 225 g/mol. The van der Waals surface area contributed by atoms with Crippen LogP contribution in [0.4, 0.5) is 0 Å². The van der Waals surface area contributed by atoms with Crippen molar-refractivity contribution in [3.8, 4) is 0 Å². The summed E-state index contributed by atoms with van der Waals surface area (Å²) < 4.78 is 11.3. The lowest BCUT2D eigenvalue weighted by Gasteiger charge is -2.16. The molecule has 0 saturated carbocycles. The van der Waals surface area contributed by atoms with Crippen molar-refractivity contribution < 1.29 is 9.05 Å². The fourth-order valence-electron chi connectivity index (χ4n) is 0.956. The van der Waals surface area contributed by atoms with E-state index in [2.05, 4.69) is 13.6 Å². The second kappa shape index (κ2) is 8.05. The zero-order chi connectivity index (χ0) is 10.2. The Morgan fingerprint density at radius 1 is 1.08 bits per heavy atom. The van der Waals surface area contributed by atoms with Gasteiger partial charge in [0.15, 0.2) is 0 Å². The van der Waals surface area contributed by atoms with E-state index in [1.54, 1.807) is 0 Å². The standard InChI is InChI=1S/C9H22O2PS/c1-5-8-9-13-12(4,10-6-2)11-7-3/h5-9H2,1-4H3/q+1. The summed E-state index contributed by atoms with van der Waals surface area (Å²) >= 11 is 1.86. The van der Waals surface area contributed by atoms with E-state index in [0.29, 0.717) is 0 Å². The van der Waals surface area contributed by atoms with Crippen LogP contribution in [0, 0.1) is 0 Å². The maximum absolute atomic E-state index is 5.67. The smallest absolute Gasteiger partial charge is 0.195 e. The summed E-state index contributed by atoms with van der Waals surface area (Å²) in [5.74, 6) is 1.15. The molecule has 0 aliphatic heterocycles. The normalized spacial score (nSPS) is 12.0. The maximum atomic E-state index is 5.67. The number of rotatable bonds is 8. The highest BCUT2D eigenvalue weighted by Crippen LogP contribution is 2.68. The maximum Gasteiger partial charge on any atom is 0.330 e. The molecule has 0 fully saturated rings. The molecule has 0 bridgehead atoms. The summed E-state index contributed by atoms with van der Waals surface area (Å²) in [5.41, 5.74) is 0. The molecule has 4 heteroatoms. The molecule has 0 spiro atoms. The average Bonchev–Trinajstić information content (AvgIpc) is 2.05. The number of hydrogen-bond donors (Lipinski definition) is 0. The first-order valence-electron chi connectivity index (χ1n) is 4.98. The summed E-state index contributed by atoms with van der Waals surface area (Å²) in [6.45, 7) is 8.29. The molecule has 0 unspecified atom stereocenters. The quantitative estimate of drug-likeness (QED) is 0.460. The van der Waals surface area contributed by atoms with Crippen LogP contribution in [0.5, 0.6) is 0 Å². The zero-order valence-electron chi connectivity index (χ0n) is 9.21. The van der Waals surface area contributed by atoms with E-state index >= 15 is 0 Å². The second-order valence-corrected chi connectivity index (χ2v) is 8.28. The van der Waals surface area contributed by atoms with Crippen LogP contribution >= 0.6 is 18.3 Å². The van der Waals surface area contributed by atoms with E-state index < -0.39 is 6.92 Å². The summed E-state index contributed by atoms with van der Waals surface area (Å²) in [4.78, 5) is 0. The molecule has 0 amide bonds. The molecule has 0 aliphatic carbocycles. The summed E-state index contributed by atoms with van der Waals surface area (Å²) in [7, 11) is 0. The van der Waals surface area contributed by atoms with Gasteiger partial charge in [-0.15, -0.1) is 0 Å². The molecule has 0 N–H and O–H groups in total. The third-order valence-corrected chi connectivity index (χ3v) is 6.53. The molecule has 0 rings (SSSR count). The molecule has 0 aromatic rings. The topological polar surface area (TPSA) is 18.5 Å². The Bertz CT molecular complexity index is 116. The first-order chi connectivity index (χ1) is 6.18. The Labute approximate surface area is 87.0 Å². The third kappa shape index (κ3) is 6.73. The molecule has 0 heterocycles. The summed E-state index contributed by atoms with van der Waals surface area (Å²) in [6, 6.07) is 0. The summed E-state index contributed by atoms with van der Waals surface area (Å²) in [6.07, 6.45) is 2.49.